The Hall–Kier alpha value is -0.580. The number of aromatic nitrogens is 2. The Bertz CT molecular complexity index is 406. The molecule has 1 rings (SSSR count). The van der Waals surface area contributed by atoms with Crippen LogP contribution in [0.4, 0.5) is 0 Å². The summed E-state index contributed by atoms with van der Waals surface area (Å²) in [5.41, 5.74) is 2.39. The van der Waals surface area contributed by atoms with Gasteiger partial charge in [0.2, 0.25) is 0 Å². The van der Waals surface area contributed by atoms with Crippen LogP contribution in [0.5, 0.6) is 0 Å². The van der Waals surface area contributed by atoms with Crippen LogP contribution in [0.2, 0.25) is 5.15 Å². The second-order valence-corrected chi connectivity index (χ2v) is 5.85. The number of nitrogens with one attached hydrogen (secondary N) is 1. The second kappa shape index (κ2) is 7.27. The van der Waals surface area contributed by atoms with Gasteiger partial charge in [0.15, 0.2) is 0 Å². The fourth-order valence-electron chi connectivity index (χ4n) is 2.18. The molecule has 0 spiro atoms. The molecule has 0 amide bonds. The van der Waals surface area contributed by atoms with Crippen molar-refractivity contribution in [2.75, 3.05) is 26.8 Å². The molecule has 0 aliphatic carbocycles. The van der Waals surface area contributed by atoms with E-state index in [1.165, 1.54) is 5.56 Å². The smallest absolute Gasteiger partial charge is 0.130 e. The van der Waals surface area contributed by atoms with Gasteiger partial charge >= 0.3 is 0 Å². The molecule has 0 aromatic carbocycles. The van der Waals surface area contributed by atoms with E-state index in [1.807, 2.05) is 14.0 Å². The SMILES string of the molecule is CCC(C)(CNCCOC)Cc1c(C)nn(C)c1Cl. The molecule has 1 heterocycles. The number of hydrogen-bond acceptors (Lipinski definition) is 3. The highest BCUT2D eigenvalue weighted by Crippen LogP contribution is 2.30. The summed E-state index contributed by atoms with van der Waals surface area (Å²) in [5.74, 6) is 0. The van der Waals surface area contributed by atoms with E-state index in [0.717, 1.165) is 43.4 Å². The number of rotatable bonds is 8. The average Bonchev–Trinajstić information content (AvgIpc) is 2.61. The lowest BCUT2D eigenvalue weighted by molar-refractivity contribution is 0.191. The Morgan fingerprint density at radius 3 is 2.63 bits per heavy atom. The quantitative estimate of drug-likeness (QED) is 0.747. The summed E-state index contributed by atoms with van der Waals surface area (Å²) in [4.78, 5) is 0. The van der Waals surface area contributed by atoms with Gasteiger partial charge in [0, 0.05) is 32.8 Å². The minimum Gasteiger partial charge on any atom is -0.383 e. The predicted octanol–water partition coefficient (Wildman–Crippen LogP) is 2.58. The van der Waals surface area contributed by atoms with E-state index in [1.54, 1.807) is 11.8 Å². The molecule has 0 radical (unpaired) electrons. The lowest BCUT2D eigenvalue weighted by Crippen LogP contribution is -2.35. The maximum Gasteiger partial charge on any atom is 0.130 e. The summed E-state index contributed by atoms with van der Waals surface area (Å²) in [5, 5.41) is 8.59. The molecule has 4 nitrogen and oxygen atoms in total. The van der Waals surface area contributed by atoms with E-state index in [0.29, 0.717) is 0 Å². The van der Waals surface area contributed by atoms with Gasteiger partial charge in [0.25, 0.3) is 0 Å². The van der Waals surface area contributed by atoms with Crippen molar-refractivity contribution < 1.29 is 4.74 Å². The van der Waals surface area contributed by atoms with Crippen molar-refractivity contribution >= 4 is 11.6 Å². The zero-order valence-corrected chi connectivity index (χ0v) is 13.5. The summed E-state index contributed by atoms with van der Waals surface area (Å²) in [6.07, 6.45) is 2.04. The van der Waals surface area contributed by atoms with Gasteiger partial charge < -0.3 is 10.1 Å². The van der Waals surface area contributed by atoms with Crippen LogP contribution in [0.1, 0.15) is 31.5 Å². The number of nitrogens with zero attached hydrogens (tertiary/aromatic N) is 2. The molecule has 0 saturated carbocycles. The maximum atomic E-state index is 6.32. The van der Waals surface area contributed by atoms with E-state index in [2.05, 4.69) is 24.3 Å². The van der Waals surface area contributed by atoms with E-state index in [4.69, 9.17) is 16.3 Å². The molecule has 0 aliphatic heterocycles. The van der Waals surface area contributed by atoms with E-state index in [9.17, 15) is 0 Å². The Morgan fingerprint density at radius 1 is 1.47 bits per heavy atom. The van der Waals surface area contributed by atoms with Crippen LogP contribution >= 0.6 is 11.6 Å². The van der Waals surface area contributed by atoms with Crippen LogP contribution in [0.3, 0.4) is 0 Å². The molecule has 1 aromatic heterocycles. The third-order valence-corrected chi connectivity index (χ3v) is 4.23. The third kappa shape index (κ3) is 4.48. The predicted molar refractivity (Wildman–Crippen MR) is 79.8 cm³/mol. The molecule has 0 aliphatic rings. The zero-order valence-electron chi connectivity index (χ0n) is 12.7. The van der Waals surface area contributed by atoms with Crippen LogP contribution < -0.4 is 5.32 Å². The van der Waals surface area contributed by atoms with Gasteiger partial charge in [0.1, 0.15) is 5.15 Å². The van der Waals surface area contributed by atoms with Gasteiger partial charge in [-0.25, -0.2) is 0 Å². The molecule has 19 heavy (non-hydrogen) atoms. The highest BCUT2D eigenvalue weighted by atomic mass is 35.5. The lowest BCUT2D eigenvalue weighted by Gasteiger charge is -2.28. The average molecular weight is 288 g/mol. The number of methoxy groups -OCH3 is 1. The van der Waals surface area contributed by atoms with Crippen LogP contribution in [0, 0.1) is 12.3 Å². The summed E-state index contributed by atoms with van der Waals surface area (Å²) in [7, 11) is 3.61. The number of aryl methyl sites for hydroxylation is 2. The molecule has 0 fully saturated rings. The molecule has 0 bridgehead atoms. The van der Waals surface area contributed by atoms with Crippen LogP contribution in [-0.2, 0) is 18.2 Å². The molecule has 1 unspecified atom stereocenters. The third-order valence-electron chi connectivity index (χ3n) is 3.76. The Balaban J connectivity index is 2.69. The molecular formula is C14H26ClN3O. The van der Waals surface area contributed by atoms with Gasteiger partial charge in [-0.05, 0) is 25.2 Å². The fraction of sp³-hybridized carbons (Fsp3) is 0.786. The first kappa shape index (κ1) is 16.5. The van der Waals surface area contributed by atoms with Crippen LogP contribution in [0.15, 0.2) is 0 Å². The van der Waals surface area contributed by atoms with E-state index in [-0.39, 0.29) is 5.41 Å². The molecule has 110 valence electrons. The minimum atomic E-state index is 0.186. The lowest BCUT2D eigenvalue weighted by atomic mass is 9.81. The summed E-state index contributed by atoms with van der Waals surface area (Å²) < 4.78 is 6.80. The minimum absolute atomic E-state index is 0.186. The van der Waals surface area contributed by atoms with E-state index < -0.39 is 0 Å². The first-order valence-electron chi connectivity index (χ1n) is 6.81. The molecular weight excluding hydrogens is 262 g/mol. The van der Waals surface area contributed by atoms with Crippen molar-refractivity contribution in [1.29, 1.82) is 0 Å². The largest absolute Gasteiger partial charge is 0.383 e. The maximum absolute atomic E-state index is 6.32. The molecule has 1 N–H and O–H groups in total. The normalized spacial score (nSPS) is 14.6. The number of ether oxygens (including phenoxy) is 1. The summed E-state index contributed by atoms with van der Waals surface area (Å²) in [6, 6.07) is 0. The first-order chi connectivity index (χ1) is 8.93. The van der Waals surface area contributed by atoms with Gasteiger partial charge in [0.05, 0.1) is 12.3 Å². The highest BCUT2D eigenvalue weighted by molar-refractivity contribution is 6.30. The summed E-state index contributed by atoms with van der Waals surface area (Å²) >= 11 is 6.32. The number of hydrogen-bond donors (Lipinski definition) is 1. The number of halogens is 1. The van der Waals surface area contributed by atoms with Crippen molar-refractivity contribution in [2.24, 2.45) is 12.5 Å². The van der Waals surface area contributed by atoms with Crippen molar-refractivity contribution in [3.8, 4) is 0 Å². The highest BCUT2D eigenvalue weighted by Gasteiger charge is 2.26. The molecule has 1 aromatic rings. The van der Waals surface area contributed by atoms with Gasteiger partial charge in [-0.1, -0.05) is 25.4 Å². The van der Waals surface area contributed by atoms with Crippen LogP contribution in [-0.4, -0.2) is 36.6 Å². The van der Waals surface area contributed by atoms with Gasteiger partial charge in [-0.2, -0.15) is 5.10 Å². The zero-order chi connectivity index (χ0) is 14.5. The standard InChI is InChI=1S/C14H26ClN3O/c1-6-14(3,10-16-7-8-19-5)9-12-11(2)17-18(4)13(12)15/h16H,6-10H2,1-5H3. The Labute approximate surface area is 121 Å². The van der Waals surface area contributed by atoms with E-state index >= 15 is 0 Å². The Morgan fingerprint density at radius 2 is 2.16 bits per heavy atom. The molecule has 1 atom stereocenters. The first-order valence-corrected chi connectivity index (χ1v) is 7.19. The Kier molecular flexibility index (Phi) is 6.30. The summed E-state index contributed by atoms with van der Waals surface area (Å²) in [6.45, 7) is 9.11. The van der Waals surface area contributed by atoms with Crippen molar-refractivity contribution in [3.05, 3.63) is 16.4 Å². The topological polar surface area (TPSA) is 39.1 Å². The van der Waals surface area contributed by atoms with Crippen LogP contribution in [0.25, 0.3) is 0 Å². The fourth-order valence-corrected chi connectivity index (χ4v) is 2.42. The molecule has 0 saturated heterocycles. The second-order valence-electron chi connectivity index (χ2n) is 5.49. The van der Waals surface area contributed by atoms with Crippen molar-refractivity contribution in [3.63, 3.8) is 0 Å². The van der Waals surface area contributed by atoms with Gasteiger partial charge in [-0.3, -0.25) is 4.68 Å². The van der Waals surface area contributed by atoms with Crippen molar-refractivity contribution in [1.82, 2.24) is 15.1 Å². The monoisotopic (exact) mass is 287 g/mol. The van der Waals surface area contributed by atoms with Crippen molar-refractivity contribution in [2.45, 2.75) is 33.6 Å². The molecule has 5 heteroatoms. The van der Waals surface area contributed by atoms with Gasteiger partial charge in [-0.15, -0.1) is 0 Å².